The van der Waals surface area contributed by atoms with E-state index in [1.165, 1.54) is 12.1 Å². The lowest BCUT2D eigenvalue weighted by atomic mass is 10.1. The summed E-state index contributed by atoms with van der Waals surface area (Å²) >= 11 is 17.7. The third kappa shape index (κ3) is 3.05. The van der Waals surface area contributed by atoms with E-state index in [2.05, 4.69) is 5.32 Å². The van der Waals surface area contributed by atoms with Crippen LogP contribution in [0.1, 0.15) is 11.1 Å². The molecule has 0 spiro atoms. The lowest BCUT2D eigenvalue weighted by molar-refractivity contribution is 0.354. The molecule has 0 aliphatic carbocycles. The van der Waals surface area contributed by atoms with Crippen LogP contribution in [0.15, 0.2) is 24.3 Å². The Labute approximate surface area is 136 Å². The maximum Gasteiger partial charge on any atom is 0.160 e. The van der Waals surface area contributed by atoms with E-state index in [0.717, 1.165) is 23.3 Å². The van der Waals surface area contributed by atoms with Crippen molar-refractivity contribution in [2.45, 2.75) is 13.0 Å². The van der Waals surface area contributed by atoms with Gasteiger partial charge in [-0.2, -0.15) is 0 Å². The van der Waals surface area contributed by atoms with Gasteiger partial charge < -0.3 is 10.1 Å². The molecule has 6 heteroatoms. The Bertz CT molecular complexity index is 683. The molecule has 0 bridgehead atoms. The summed E-state index contributed by atoms with van der Waals surface area (Å²) in [6.45, 7) is 1.15. The summed E-state index contributed by atoms with van der Waals surface area (Å²) in [5.74, 6) is 0.252. The van der Waals surface area contributed by atoms with Crippen molar-refractivity contribution in [2.75, 3.05) is 11.9 Å². The van der Waals surface area contributed by atoms with Crippen LogP contribution in [0.25, 0.3) is 0 Å². The van der Waals surface area contributed by atoms with E-state index in [0.29, 0.717) is 23.9 Å². The van der Waals surface area contributed by atoms with Crippen molar-refractivity contribution in [1.82, 2.24) is 0 Å². The van der Waals surface area contributed by atoms with Crippen molar-refractivity contribution in [3.63, 3.8) is 0 Å². The standard InChI is InChI=1S/C15H11Cl3FNO/c16-10-3-8-1-2-21-15(8)9(4-10)7-20-11-5-12(17)14(19)13(18)6-11/h3-6,20H,1-2,7H2. The van der Waals surface area contributed by atoms with E-state index in [9.17, 15) is 4.39 Å². The second-order valence-corrected chi connectivity index (χ2v) is 6.01. The summed E-state index contributed by atoms with van der Waals surface area (Å²) in [4.78, 5) is 0. The van der Waals surface area contributed by atoms with Crippen molar-refractivity contribution in [1.29, 1.82) is 0 Å². The molecule has 1 heterocycles. The summed E-state index contributed by atoms with van der Waals surface area (Å²) in [5.41, 5.74) is 2.69. The van der Waals surface area contributed by atoms with E-state index >= 15 is 0 Å². The summed E-state index contributed by atoms with van der Waals surface area (Å²) in [6.07, 6.45) is 0.858. The zero-order valence-electron chi connectivity index (χ0n) is 10.9. The molecular weight excluding hydrogens is 336 g/mol. The number of fused-ring (bicyclic) bond motifs is 1. The highest BCUT2D eigenvalue weighted by atomic mass is 35.5. The van der Waals surface area contributed by atoms with Gasteiger partial charge in [-0.25, -0.2) is 4.39 Å². The Kier molecular flexibility index (Phi) is 4.16. The first-order chi connectivity index (χ1) is 10.0. The van der Waals surface area contributed by atoms with Crippen LogP contribution < -0.4 is 10.1 Å². The topological polar surface area (TPSA) is 21.3 Å². The molecular formula is C15H11Cl3FNO. The molecule has 0 saturated carbocycles. The van der Waals surface area contributed by atoms with Crippen LogP contribution in [-0.2, 0) is 13.0 Å². The van der Waals surface area contributed by atoms with Crippen LogP contribution in [0.3, 0.4) is 0 Å². The van der Waals surface area contributed by atoms with Crippen molar-refractivity contribution >= 4 is 40.5 Å². The molecule has 2 aromatic carbocycles. The van der Waals surface area contributed by atoms with Gasteiger partial charge in [-0.15, -0.1) is 0 Å². The molecule has 1 aliphatic heterocycles. The van der Waals surface area contributed by atoms with Gasteiger partial charge in [-0.1, -0.05) is 34.8 Å². The molecule has 0 amide bonds. The van der Waals surface area contributed by atoms with Crippen LogP contribution in [0.4, 0.5) is 10.1 Å². The highest BCUT2D eigenvalue weighted by Gasteiger charge is 2.17. The Hall–Kier alpha value is -1.16. The highest BCUT2D eigenvalue weighted by molar-refractivity contribution is 6.35. The second-order valence-electron chi connectivity index (χ2n) is 4.76. The summed E-state index contributed by atoms with van der Waals surface area (Å²) in [7, 11) is 0. The van der Waals surface area contributed by atoms with Gasteiger partial charge in [0.2, 0.25) is 0 Å². The lowest BCUT2D eigenvalue weighted by Gasteiger charge is -2.12. The SMILES string of the molecule is Fc1c(Cl)cc(NCc2cc(Cl)cc3c2OCC3)cc1Cl. The van der Waals surface area contributed by atoms with Gasteiger partial charge in [0.05, 0.1) is 16.7 Å². The van der Waals surface area contributed by atoms with Gasteiger partial charge >= 0.3 is 0 Å². The number of anilines is 1. The summed E-state index contributed by atoms with van der Waals surface area (Å²) < 4.78 is 19.0. The summed E-state index contributed by atoms with van der Waals surface area (Å²) in [6, 6.07) is 6.76. The third-order valence-electron chi connectivity index (χ3n) is 3.29. The largest absolute Gasteiger partial charge is 0.493 e. The van der Waals surface area contributed by atoms with E-state index in [1.807, 2.05) is 12.1 Å². The molecule has 0 saturated heterocycles. The second kappa shape index (κ2) is 5.91. The number of ether oxygens (including phenoxy) is 1. The molecule has 0 unspecified atom stereocenters. The van der Waals surface area contributed by atoms with E-state index < -0.39 is 5.82 Å². The maximum absolute atomic E-state index is 13.4. The van der Waals surface area contributed by atoms with Crippen LogP contribution in [0, 0.1) is 5.82 Å². The number of nitrogens with one attached hydrogen (secondary N) is 1. The van der Waals surface area contributed by atoms with E-state index in [1.54, 1.807) is 0 Å². The number of rotatable bonds is 3. The molecule has 2 nitrogen and oxygen atoms in total. The van der Waals surface area contributed by atoms with Crippen molar-refractivity contribution in [3.05, 3.63) is 56.3 Å². The Morgan fingerprint density at radius 2 is 1.81 bits per heavy atom. The fourth-order valence-electron chi connectivity index (χ4n) is 2.33. The van der Waals surface area contributed by atoms with Gasteiger partial charge in [0.25, 0.3) is 0 Å². The average Bonchev–Trinajstić information content (AvgIpc) is 2.90. The fraction of sp³-hybridized carbons (Fsp3) is 0.200. The number of halogens is 4. The molecule has 0 aromatic heterocycles. The first kappa shape index (κ1) is 14.8. The minimum Gasteiger partial charge on any atom is -0.493 e. The first-order valence-electron chi connectivity index (χ1n) is 6.37. The quantitative estimate of drug-likeness (QED) is 0.758. The van der Waals surface area contributed by atoms with E-state index in [-0.39, 0.29) is 10.0 Å². The number of hydrogen-bond donors (Lipinski definition) is 1. The summed E-state index contributed by atoms with van der Waals surface area (Å²) in [5, 5.41) is 3.79. The molecule has 0 atom stereocenters. The molecule has 1 N–H and O–H groups in total. The van der Waals surface area contributed by atoms with Crippen molar-refractivity contribution in [2.24, 2.45) is 0 Å². The molecule has 21 heavy (non-hydrogen) atoms. The van der Waals surface area contributed by atoms with Gasteiger partial charge in [-0.05, 0) is 29.8 Å². The minimum atomic E-state index is -0.615. The molecule has 110 valence electrons. The van der Waals surface area contributed by atoms with Gasteiger partial charge in [0, 0.05) is 29.2 Å². The fourth-order valence-corrected chi connectivity index (χ4v) is 3.08. The smallest absolute Gasteiger partial charge is 0.160 e. The molecule has 2 aromatic rings. The third-order valence-corrected chi connectivity index (χ3v) is 4.06. The average molecular weight is 347 g/mol. The van der Waals surface area contributed by atoms with Crippen molar-refractivity contribution < 1.29 is 9.13 Å². The van der Waals surface area contributed by atoms with Gasteiger partial charge in [0.15, 0.2) is 5.82 Å². The van der Waals surface area contributed by atoms with Crippen LogP contribution in [0.2, 0.25) is 15.1 Å². The monoisotopic (exact) mass is 345 g/mol. The first-order valence-corrected chi connectivity index (χ1v) is 7.50. The number of benzene rings is 2. The normalized spacial score (nSPS) is 13.0. The highest BCUT2D eigenvalue weighted by Crippen LogP contribution is 2.34. The molecule has 0 radical (unpaired) electrons. The zero-order valence-corrected chi connectivity index (χ0v) is 13.1. The molecule has 0 fully saturated rings. The maximum atomic E-state index is 13.4. The predicted molar refractivity (Wildman–Crippen MR) is 84.4 cm³/mol. The minimum absolute atomic E-state index is 0.0161. The number of hydrogen-bond acceptors (Lipinski definition) is 2. The molecule has 3 rings (SSSR count). The Morgan fingerprint density at radius 1 is 1.10 bits per heavy atom. The van der Waals surface area contributed by atoms with E-state index in [4.69, 9.17) is 39.5 Å². The van der Waals surface area contributed by atoms with Crippen LogP contribution in [0.5, 0.6) is 5.75 Å². The van der Waals surface area contributed by atoms with Gasteiger partial charge in [0.1, 0.15) is 5.75 Å². The van der Waals surface area contributed by atoms with Crippen molar-refractivity contribution in [3.8, 4) is 5.75 Å². The van der Waals surface area contributed by atoms with Crippen LogP contribution in [-0.4, -0.2) is 6.61 Å². The van der Waals surface area contributed by atoms with Crippen LogP contribution >= 0.6 is 34.8 Å². The van der Waals surface area contributed by atoms with Gasteiger partial charge in [-0.3, -0.25) is 0 Å². The molecule has 1 aliphatic rings. The Morgan fingerprint density at radius 3 is 2.52 bits per heavy atom. The zero-order chi connectivity index (χ0) is 15.0. The Balaban J connectivity index is 1.83. The lowest BCUT2D eigenvalue weighted by Crippen LogP contribution is -2.02. The predicted octanol–water partition coefficient (Wildman–Crippen LogP) is 5.33.